The Bertz CT molecular complexity index is 1690. The largest absolute Gasteiger partial charge is 0.494 e. The van der Waals surface area contributed by atoms with Gasteiger partial charge < -0.3 is 13.9 Å². The molecule has 1 aliphatic rings. The van der Waals surface area contributed by atoms with Crippen molar-refractivity contribution in [1.82, 2.24) is 4.98 Å². The number of hydrogen-bond acceptors (Lipinski definition) is 7. The molecule has 0 spiro atoms. The van der Waals surface area contributed by atoms with Crippen molar-refractivity contribution in [2.45, 2.75) is 19.9 Å². The Balaban J connectivity index is 1.58. The van der Waals surface area contributed by atoms with Gasteiger partial charge in [-0.25, -0.2) is 4.98 Å². The summed E-state index contributed by atoms with van der Waals surface area (Å²) in [5, 5.41) is 0.910. The van der Waals surface area contributed by atoms with Crippen molar-refractivity contribution in [2.24, 2.45) is 0 Å². The molecule has 1 amide bonds. The third-order valence-electron chi connectivity index (χ3n) is 6.13. The van der Waals surface area contributed by atoms with Crippen LogP contribution in [0, 0.1) is 0 Å². The molecular formula is C28H22N2O5S. The molecule has 0 bridgehead atoms. The quantitative estimate of drug-likeness (QED) is 0.288. The fourth-order valence-electron chi connectivity index (χ4n) is 4.63. The number of benzene rings is 3. The van der Waals surface area contributed by atoms with Crippen molar-refractivity contribution in [2.75, 3.05) is 18.1 Å². The number of hydrogen-bond donors (Lipinski definition) is 0. The van der Waals surface area contributed by atoms with Crippen LogP contribution in [0.3, 0.4) is 0 Å². The van der Waals surface area contributed by atoms with Crippen molar-refractivity contribution in [3.05, 3.63) is 93.8 Å². The Kier molecular flexibility index (Phi) is 5.45. The van der Waals surface area contributed by atoms with Crippen molar-refractivity contribution < 1.29 is 18.7 Å². The maximum absolute atomic E-state index is 13.8. The molecule has 3 aromatic carbocycles. The van der Waals surface area contributed by atoms with Crippen LogP contribution in [-0.2, 0) is 0 Å². The number of aromatic nitrogens is 1. The summed E-state index contributed by atoms with van der Waals surface area (Å²) >= 11 is 1.37. The van der Waals surface area contributed by atoms with Gasteiger partial charge in [-0.2, -0.15) is 0 Å². The zero-order valence-electron chi connectivity index (χ0n) is 19.7. The predicted octanol–water partition coefficient (Wildman–Crippen LogP) is 5.95. The molecule has 36 heavy (non-hydrogen) atoms. The standard InChI is InChI=1S/C28H22N2O5S/c1-3-33-17-9-7-8-16(14-17)24-23-25(31)19-10-5-6-11-21(19)35-26(23)27(32)30(24)28-29-20-13-12-18(34-4-2)15-22(20)36-28/h5-15,24H,3-4H2,1-2H3/t24-/m0/s1. The molecule has 180 valence electrons. The van der Waals surface area contributed by atoms with E-state index in [0.717, 1.165) is 21.5 Å². The molecule has 3 heterocycles. The van der Waals surface area contributed by atoms with Crippen LogP contribution in [-0.4, -0.2) is 24.1 Å². The molecule has 2 aromatic heterocycles. The summed E-state index contributed by atoms with van der Waals surface area (Å²) in [6.45, 7) is 4.89. The number of carbonyl (C=O) groups excluding carboxylic acids is 1. The Morgan fingerprint density at radius 1 is 0.944 bits per heavy atom. The third-order valence-corrected chi connectivity index (χ3v) is 7.15. The number of para-hydroxylation sites is 1. The predicted molar refractivity (Wildman–Crippen MR) is 140 cm³/mol. The zero-order valence-corrected chi connectivity index (χ0v) is 20.5. The van der Waals surface area contributed by atoms with Crippen molar-refractivity contribution >= 4 is 43.6 Å². The SMILES string of the molecule is CCOc1cccc([C@H]2c3c(oc4ccccc4c3=O)C(=O)N2c2nc3ccc(OCC)cc3s2)c1. The Labute approximate surface area is 210 Å². The summed E-state index contributed by atoms with van der Waals surface area (Å²) in [7, 11) is 0. The van der Waals surface area contributed by atoms with E-state index in [1.54, 1.807) is 29.2 Å². The summed E-state index contributed by atoms with van der Waals surface area (Å²) in [6.07, 6.45) is 0. The molecule has 0 fully saturated rings. The number of rotatable bonds is 6. The number of anilines is 1. The maximum Gasteiger partial charge on any atom is 0.297 e. The van der Waals surface area contributed by atoms with Crippen LogP contribution < -0.4 is 19.8 Å². The molecule has 8 heteroatoms. The first kappa shape index (κ1) is 22.3. The minimum Gasteiger partial charge on any atom is -0.494 e. The lowest BCUT2D eigenvalue weighted by atomic mass is 9.98. The zero-order chi connectivity index (χ0) is 24.8. The van der Waals surface area contributed by atoms with Crippen LogP contribution in [0.5, 0.6) is 11.5 Å². The highest BCUT2D eigenvalue weighted by Gasteiger charge is 2.45. The van der Waals surface area contributed by atoms with Gasteiger partial charge in [-0.3, -0.25) is 14.5 Å². The number of amides is 1. The summed E-state index contributed by atoms with van der Waals surface area (Å²) in [6, 6.07) is 19.4. The fraction of sp³-hybridized carbons (Fsp3) is 0.179. The summed E-state index contributed by atoms with van der Waals surface area (Å²) in [5.41, 5.74) is 1.94. The average molecular weight is 499 g/mol. The highest BCUT2D eigenvalue weighted by Crippen LogP contribution is 2.44. The van der Waals surface area contributed by atoms with Crippen molar-refractivity contribution in [3.63, 3.8) is 0 Å². The van der Waals surface area contributed by atoms with Crippen molar-refractivity contribution in [1.29, 1.82) is 0 Å². The normalized spacial score (nSPS) is 15.0. The van der Waals surface area contributed by atoms with Gasteiger partial charge in [-0.1, -0.05) is 35.6 Å². The van der Waals surface area contributed by atoms with Gasteiger partial charge >= 0.3 is 0 Å². The van der Waals surface area contributed by atoms with E-state index in [-0.39, 0.29) is 11.2 Å². The van der Waals surface area contributed by atoms with E-state index in [1.807, 2.05) is 56.3 Å². The van der Waals surface area contributed by atoms with Crippen LogP contribution in [0.4, 0.5) is 5.13 Å². The van der Waals surface area contributed by atoms with Crippen LogP contribution in [0.2, 0.25) is 0 Å². The molecule has 1 aliphatic heterocycles. The van der Waals surface area contributed by atoms with E-state index in [2.05, 4.69) is 0 Å². The van der Waals surface area contributed by atoms with Gasteiger partial charge in [-0.15, -0.1) is 0 Å². The molecule has 0 unspecified atom stereocenters. The average Bonchev–Trinajstić information content (AvgIpc) is 3.43. The Morgan fingerprint density at radius 2 is 1.72 bits per heavy atom. The second-order valence-electron chi connectivity index (χ2n) is 8.31. The molecule has 0 aliphatic carbocycles. The summed E-state index contributed by atoms with van der Waals surface area (Å²) in [5.74, 6) is 1.04. The van der Waals surface area contributed by atoms with Gasteiger partial charge in [0.15, 0.2) is 10.6 Å². The summed E-state index contributed by atoms with van der Waals surface area (Å²) < 4.78 is 18.3. The van der Waals surface area contributed by atoms with Gasteiger partial charge in [0.25, 0.3) is 5.91 Å². The van der Waals surface area contributed by atoms with E-state index in [0.29, 0.717) is 40.6 Å². The van der Waals surface area contributed by atoms with E-state index < -0.39 is 11.9 Å². The minimum absolute atomic E-state index is 0.0415. The second kappa shape index (κ2) is 8.80. The van der Waals surface area contributed by atoms with Gasteiger partial charge in [-0.05, 0) is 61.9 Å². The van der Waals surface area contributed by atoms with Gasteiger partial charge in [0.1, 0.15) is 17.1 Å². The van der Waals surface area contributed by atoms with E-state index in [4.69, 9.17) is 18.9 Å². The number of ether oxygens (including phenoxy) is 2. The van der Waals surface area contributed by atoms with E-state index >= 15 is 0 Å². The van der Waals surface area contributed by atoms with Crippen LogP contribution in [0.1, 0.15) is 41.6 Å². The van der Waals surface area contributed by atoms with Gasteiger partial charge in [0.05, 0.1) is 40.4 Å². The van der Waals surface area contributed by atoms with E-state index in [9.17, 15) is 9.59 Å². The molecule has 0 saturated heterocycles. The lowest BCUT2D eigenvalue weighted by Crippen LogP contribution is -2.29. The summed E-state index contributed by atoms with van der Waals surface area (Å²) in [4.78, 5) is 33.9. The molecule has 0 saturated carbocycles. The Hall–Kier alpha value is -4.17. The first-order chi connectivity index (χ1) is 17.6. The molecule has 5 aromatic rings. The molecule has 7 nitrogen and oxygen atoms in total. The highest BCUT2D eigenvalue weighted by atomic mass is 32.1. The molecule has 1 atom stereocenters. The maximum atomic E-state index is 13.8. The van der Waals surface area contributed by atoms with Gasteiger partial charge in [0, 0.05) is 0 Å². The molecule has 6 rings (SSSR count). The molecule has 0 N–H and O–H groups in total. The van der Waals surface area contributed by atoms with Gasteiger partial charge in [0.2, 0.25) is 5.76 Å². The first-order valence-electron chi connectivity index (χ1n) is 11.7. The number of nitrogens with zero attached hydrogens (tertiary/aromatic N) is 2. The second-order valence-corrected chi connectivity index (χ2v) is 9.32. The lowest BCUT2D eigenvalue weighted by molar-refractivity contribution is 0.0971. The number of fused-ring (bicyclic) bond motifs is 3. The van der Waals surface area contributed by atoms with E-state index in [1.165, 1.54) is 11.3 Å². The first-order valence-corrected chi connectivity index (χ1v) is 12.6. The van der Waals surface area contributed by atoms with Crippen molar-refractivity contribution in [3.8, 4) is 11.5 Å². The molecule has 0 radical (unpaired) electrons. The van der Waals surface area contributed by atoms with Crippen LogP contribution in [0.25, 0.3) is 21.2 Å². The number of carbonyl (C=O) groups is 1. The minimum atomic E-state index is -0.708. The molecular weight excluding hydrogens is 476 g/mol. The monoisotopic (exact) mass is 498 g/mol. The fourth-order valence-corrected chi connectivity index (χ4v) is 5.65. The number of thiazole rings is 1. The smallest absolute Gasteiger partial charge is 0.297 e. The lowest BCUT2D eigenvalue weighted by Gasteiger charge is -2.23. The highest BCUT2D eigenvalue weighted by molar-refractivity contribution is 7.22. The third kappa shape index (κ3) is 3.53. The van der Waals surface area contributed by atoms with Crippen LogP contribution in [0.15, 0.2) is 75.9 Å². The van der Waals surface area contributed by atoms with Crippen LogP contribution >= 0.6 is 11.3 Å². The Morgan fingerprint density at radius 3 is 2.53 bits per heavy atom. The topological polar surface area (TPSA) is 81.9 Å².